The normalized spacial score (nSPS) is 30.6. The van der Waals surface area contributed by atoms with Crippen LogP contribution in [0, 0.1) is 5.92 Å². The Kier molecular flexibility index (Phi) is 4.64. The number of ether oxygens (including phenoxy) is 1. The van der Waals surface area contributed by atoms with Gasteiger partial charge < -0.3 is 10.5 Å². The summed E-state index contributed by atoms with van der Waals surface area (Å²) in [6.07, 6.45) is 5.94. The van der Waals surface area contributed by atoms with Gasteiger partial charge in [-0.1, -0.05) is 25.8 Å². The summed E-state index contributed by atoms with van der Waals surface area (Å²) in [5, 5.41) is 0. The van der Waals surface area contributed by atoms with Crippen LogP contribution in [0.2, 0.25) is 0 Å². The van der Waals surface area contributed by atoms with Crippen LogP contribution >= 0.6 is 12.4 Å². The first-order chi connectivity index (χ1) is 9.50. The molecule has 2 aliphatic rings. The van der Waals surface area contributed by atoms with Crippen molar-refractivity contribution in [1.29, 1.82) is 0 Å². The third-order valence-corrected chi connectivity index (χ3v) is 5.20. The molecule has 1 saturated carbocycles. The Balaban J connectivity index is 0.00000161. The van der Waals surface area contributed by atoms with Crippen LogP contribution in [0.1, 0.15) is 50.7 Å². The molecule has 4 heteroatoms. The maximum atomic E-state index is 11.1. The summed E-state index contributed by atoms with van der Waals surface area (Å²) in [4.78, 5) is 11.1. The molecule has 2 N–H and O–H groups in total. The van der Waals surface area contributed by atoms with E-state index >= 15 is 0 Å². The first-order valence-electron chi connectivity index (χ1n) is 7.58. The van der Waals surface area contributed by atoms with Crippen LogP contribution < -0.4 is 10.5 Å². The number of benzene rings is 1. The predicted octanol–water partition coefficient (Wildman–Crippen LogP) is 3.37. The summed E-state index contributed by atoms with van der Waals surface area (Å²) in [6.45, 7) is 3.72. The highest BCUT2D eigenvalue weighted by Crippen LogP contribution is 2.47. The van der Waals surface area contributed by atoms with E-state index in [9.17, 15) is 4.79 Å². The number of fused-ring (bicyclic) bond motifs is 4. The van der Waals surface area contributed by atoms with Crippen LogP contribution in [0.15, 0.2) is 18.2 Å². The van der Waals surface area contributed by atoms with Crippen LogP contribution in [-0.2, 0) is 16.6 Å². The number of hydrogen-bond acceptors (Lipinski definition) is 3. The number of carbonyl (C=O) groups excluding carboxylic acids is 1. The lowest BCUT2D eigenvalue weighted by molar-refractivity contribution is -0.131. The fraction of sp³-hybridized carbons (Fsp3) is 0.588. The van der Waals surface area contributed by atoms with E-state index in [1.807, 2.05) is 12.1 Å². The molecular weight excluding hydrogens is 286 g/mol. The maximum Gasteiger partial charge on any atom is 0.308 e. The number of rotatable bonds is 1. The molecular formula is C17H24ClNO2. The van der Waals surface area contributed by atoms with E-state index in [1.165, 1.54) is 37.3 Å². The molecule has 3 rings (SSSR count). The van der Waals surface area contributed by atoms with Crippen molar-refractivity contribution >= 4 is 18.4 Å². The quantitative estimate of drug-likeness (QED) is 0.639. The molecule has 0 aromatic heterocycles. The second-order valence-electron chi connectivity index (χ2n) is 6.57. The molecule has 0 aliphatic heterocycles. The standard InChI is InChI=1S/C17H23NO2.ClH/c1-11(19)20-14-7-6-12-9-13-5-3-4-8-17(2,16(13)18)15(12)10-14;/h6-7,10,13,16H,3-5,8-9,18H2,1-2H3;1H/t13?,16-,17+;/m0./s1. The van der Waals surface area contributed by atoms with Gasteiger partial charge in [-0.05, 0) is 48.4 Å². The van der Waals surface area contributed by atoms with Gasteiger partial charge in [0.1, 0.15) is 5.75 Å². The van der Waals surface area contributed by atoms with Gasteiger partial charge in [0, 0.05) is 18.4 Å². The van der Waals surface area contributed by atoms with Gasteiger partial charge in [0.2, 0.25) is 0 Å². The Hall–Kier alpha value is -1.06. The van der Waals surface area contributed by atoms with E-state index in [4.69, 9.17) is 10.5 Å². The van der Waals surface area contributed by atoms with Crippen molar-refractivity contribution in [2.45, 2.75) is 57.4 Å². The van der Waals surface area contributed by atoms with E-state index in [1.54, 1.807) is 0 Å². The molecule has 1 fully saturated rings. The molecule has 1 aromatic rings. The molecule has 3 nitrogen and oxygen atoms in total. The SMILES string of the molecule is CC(=O)Oc1ccc2c(c1)[C@@]1(C)CCCCC(C2)[C@@H]1N.Cl. The topological polar surface area (TPSA) is 52.3 Å². The zero-order valence-corrected chi connectivity index (χ0v) is 13.5. The Morgan fingerprint density at radius 1 is 1.38 bits per heavy atom. The molecule has 0 amide bonds. The van der Waals surface area contributed by atoms with Crippen LogP contribution in [0.25, 0.3) is 0 Å². The van der Waals surface area contributed by atoms with Gasteiger partial charge in [-0.15, -0.1) is 12.4 Å². The Morgan fingerprint density at radius 3 is 2.86 bits per heavy atom. The minimum atomic E-state index is -0.269. The lowest BCUT2D eigenvalue weighted by atomic mass is 9.63. The Labute approximate surface area is 132 Å². The zero-order chi connectivity index (χ0) is 14.3. The first kappa shape index (κ1) is 16.3. The van der Waals surface area contributed by atoms with Gasteiger partial charge in [0.05, 0.1) is 0 Å². The molecule has 1 aromatic carbocycles. The van der Waals surface area contributed by atoms with E-state index < -0.39 is 0 Å². The predicted molar refractivity (Wildman–Crippen MR) is 86.0 cm³/mol. The zero-order valence-electron chi connectivity index (χ0n) is 12.7. The maximum absolute atomic E-state index is 11.1. The van der Waals surface area contributed by atoms with E-state index in [-0.39, 0.29) is 29.8 Å². The van der Waals surface area contributed by atoms with Crippen molar-refractivity contribution < 1.29 is 9.53 Å². The molecule has 0 saturated heterocycles. The molecule has 116 valence electrons. The van der Waals surface area contributed by atoms with Crippen molar-refractivity contribution in [3.63, 3.8) is 0 Å². The summed E-state index contributed by atoms with van der Waals surface area (Å²) in [5.41, 5.74) is 9.28. The Bertz CT molecular complexity index is 546. The average Bonchev–Trinajstić information content (AvgIpc) is 2.49. The van der Waals surface area contributed by atoms with Crippen LogP contribution in [0.3, 0.4) is 0 Å². The minimum Gasteiger partial charge on any atom is -0.427 e. The summed E-state index contributed by atoms with van der Waals surface area (Å²) < 4.78 is 5.25. The fourth-order valence-corrected chi connectivity index (χ4v) is 4.09. The summed E-state index contributed by atoms with van der Waals surface area (Å²) in [7, 11) is 0. The third-order valence-electron chi connectivity index (χ3n) is 5.20. The molecule has 3 atom stereocenters. The van der Waals surface area contributed by atoms with Gasteiger partial charge in [0.15, 0.2) is 0 Å². The highest BCUT2D eigenvalue weighted by Gasteiger charge is 2.44. The monoisotopic (exact) mass is 309 g/mol. The van der Waals surface area contributed by atoms with Gasteiger partial charge >= 0.3 is 5.97 Å². The van der Waals surface area contributed by atoms with E-state index in [2.05, 4.69) is 13.0 Å². The largest absolute Gasteiger partial charge is 0.427 e. The summed E-state index contributed by atoms with van der Waals surface area (Å²) in [5.74, 6) is 0.968. The molecule has 1 unspecified atom stereocenters. The van der Waals surface area contributed by atoms with Crippen molar-refractivity contribution in [2.24, 2.45) is 11.7 Å². The van der Waals surface area contributed by atoms with Crippen molar-refractivity contribution in [3.8, 4) is 5.75 Å². The minimum absolute atomic E-state index is 0. The second kappa shape index (κ2) is 5.98. The van der Waals surface area contributed by atoms with Crippen molar-refractivity contribution in [2.75, 3.05) is 0 Å². The number of esters is 1. The second-order valence-corrected chi connectivity index (χ2v) is 6.57. The van der Waals surface area contributed by atoms with Crippen LogP contribution in [-0.4, -0.2) is 12.0 Å². The van der Waals surface area contributed by atoms with Gasteiger partial charge in [-0.25, -0.2) is 0 Å². The fourth-order valence-electron chi connectivity index (χ4n) is 4.09. The molecule has 0 spiro atoms. The van der Waals surface area contributed by atoms with Crippen molar-refractivity contribution in [1.82, 2.24) is 0 Å². The summed E-state index contributed by atoms with van der Waals surface area (Å²) in [6, 6.07) is 6.28. The smallest absolute Gasteiger partial charge is 0.308 e. The third kappa shape index (κ3) is 2.82. The first-order valence-corrected chi connectivity index (χ1v) is 7.58. The van der Waals surface area contributed by atoms with Gasteiger partial charge in [-0.2, -0.15) is 0 Å². The number of halogens is 1. The van der Waals surface area contributed by atoms with E-state index in [0.29, 0.717) is 11.7 Å². The van der Waals surface area contributed by atoms with Gasteiger partial charge in [-0.3, -0.25) is 4.79 Å². The van der Waals surface area contributed by atoms with Gasteiger partial charge in [0.25, 0.3) is 0 Å². The molecule has 2 aliphatic carbocycles. The summed E-state index contributed by atoms with van der Waals surface area (Å²) >= 11 is 0. The number of hydrogen-bond donors (Lipinski definition) is 1. The molecule has 21 heavy (non-hydrogen) atoms. The van der Waals surface area contributed by atoms with Crippen LogP contribution in [0.5, 0.6) is 5.75 Å². The average molecular weight is 310 g/mol. The highest BCUT2D eigenvalue weighted by atomic mass is 35.5. The van der Waals surface area contributed by atoms with E-state index in [0.717, 1.165) is 12.8 Å². The lowest BCUT2D eigenvalue weighted by Gasteiger charge is -2.44. The van der Waals surface area contributed by atoms with Crippen LogP contribution in [0.4, 0.5) is 0 Å². The lowest BCUT2D eigenvalue weighted by Crippen LogP contribution is -2.51. The number of carbonyl (C=O) groups is 1. The Morgan fingerprint density at radius 2 is 2.14 bits per heavy atom. The molecule has 0 heterocycles. The molecule has 2 bridgehead atoms. The number of nitrogens with two attached hydrogens (primary N) is 1. The molecule has 0 radical (unpaired) electrons. The highest BCUT2D eigenvalue weighted by molar-refractivity contribution is 5.85. The van der Waals surface area contributed by atoms with Crippen molar-refractivity contribution in [3.05, 3.63) is 29.3 Å².